The number of hydrogen-bond donors (Lipinski definition) is 0. The smallest absolute Gasteiger partial charge is 0.102 e. The summed E-state index contributed by atoms with van der Waals surface area (Å²) < 4.78 is 0. The summed E-state index contributed by atoms with van der Waals surface area (Å²) in [6, 6.07) is 21.1. The molecule has 1 fully saturated rings. The molecule has 1 aliphatic heterocycles. The van der Waals surface area contributed by atoms with E-state index in [0.717, 1.165) is 46.7 Å². The van der Waals surface area contributed by atoms with Crippen LogP contribution in [0.15, 0.2) is 60.8 Å². The molecule has 3 nitrogen and oxygen atoms in total. The summed E-state index contributed by atoms with van der Waals surface area (Å²) in [5.41, 5.74) is 7.05. The number of aromatic nitrogens is 1. The molecule has 0 radical (unpaired) electrons. The van der Waals surface area contributed by atoms with Gasteiger partial charge in [-0.2, -0.15) is 5.26 Å². The first kappa shape index (κ1) is 16.4. The zero-order valence-electron chi connectivity index (χ0n) is 14.9. The number of hydrogen-bond acceptors (Lipinski definition) is 3. The second-order valence-corrected chi connectivity index (χ2v) is 6.80. The van der Waals surface area contributed by atoms with Gasteiger partial charge in [0.05, 0.1) is 16.9 Å². The second kappa shape index (κ2) is 7.01. The van der Waals surface area contributed by atoms with Gasteiger partial charge in [-0.1, -0.05) is 35.9 Å². The second-order valence-electron chi connectivity index (χ2n) is 6.80. The molecular formula is C23H21N3. The van der Waals surface area contributed by atoms with Crippen molar-refractivity contribution in [2.45, 2.75) is 19.8 Å². The average Bonchev–Trinajstić information content (AvgIpc) is 3.23. The fraction of sp³-hybridized carbons (Fsp3) is 0.217. The van der Waals surface area contributed by atoms with E-state index < -0.39 is 0 Å². The Morgan fingerprint density at radius 1 is 0.962 bits per heavy atom. The highest BCUT2D eigenvalue weighted by Gasteiger charge is 2.21. The largest absolute Gasteiger partial charge is 0.370 e. The van der Waals surface area contributed by atoms with E-state index in [2.05, 4.69) is 59.3 Å². The number of nitrogens with zero attached hydrogens (tertiary/aromatic N) is 3. The molecule has 1 aromatic heterocycles. The van der Waals surface area contributed by atoms with Crippen LogP contribution in [0.2, 0.25) is 0 Å². The third kappa shape index (κ3) is 3.07. The van der Waals surface area contributed by atoms with Crippen LogP contribution in [0.5, 0.6) is 0 Å². The van der Waals surface area contributed by atoms with E-state index in [9.17, 15) is 5.26 Å². The van der Waals surface area contributed by atoms with Gasteiger partial charge in [0.25, 0.3) is 0 Å². The third-order valence-electron chi connectivity index (χ3n) is 5.00. The number of pyridine rings is 1. The minimum absolute atomic E-state index is 0.724. The molecule has 0 aliphatic carbocycles. The molecule has 26 heavy (non-hydrogen) atoms. The summed E-state index contributed by atoms with van der Waals surface area (Å²) in [7, 11) is 0. The lowest BCUT2D eigenvalue weighted by molar-refractivity contribution is 0.949. The molecule has 0 amide bonds. The Morgan fingerprint density at radius 2 is 1.73 bits per heavy atom. The number of rotatable bonds is 3. The summed E-state index contributed by atoms with van der Waals surface area (Å²) in [5, 5.41) is 9.91. The molecule has 0 bridgehead atoms. The highest BCUT2D eigenvalue weighted by Crippen LogP contribution is 2.37. The predicted octanol–water partition coefficient (Wildman–Crippen LogP) is 5.20. The lowest BCUT2D eigenvalue weighted by atomic mass is 9.95. The Hall–Kier alpha value is -3.12. The molecule has 3 heteroatoms. The first-order valence-electron chi connectivity index (χ1n) is 9.08. The number of benzene rings is 2. The van der Waals surface area contributed by atoms with Gasteiger partial charge in [0, 0.05) is 24.8 Å². The quantitative estimate of drug-likeness (QED) is 0.659. The van der Waals surface area contributed by atoms with Gasteiger partial charge in [-0.3, -0.25) is 4.98 Å². The molecule has 0 spiro atoms. The van der Waals surface area contributed by atoms with Crippen LogP contribution in [0.25, 0.3) is 22.4 Å². The molecular weight excluding hydrogens is 318 g/mol. The average molecular weight is 339 g/mol. The van der Waals surface area contributed by atoms with Crippen LogP contribution >= 0.6 is 0 Å². The molecule has 128 valence electrons. The maximum atomic E-state index is 9.91. The van der Waals surface area contributed by atoms with Crippen LogP contribution in [-0.4, -0.2) is 18.1 Å². The summed E-state index contributed by atoms with van der Waals surface area (Å²) in [4.78, 5) is 6.84. The first-order chi connectivity index (χ1) is 12.8. The van der Waals surface area contributed by atoms with E-state index in [0.29, 0.717) is 0 Å². The van der Waals surface area contributed by atoms with Gasteiger partial charge in [-0.25, -0.2) is 0 Å². The monoisotopic (exact) mass is 339 g/mol. The highest BCUT2D eigenvalue weighted by atomic mass is 15.1. The van der Waals surface area contributed by atoms with E-state index in [-0.39, 0.29) is 0 Å². The first-order valence-corrected chi connectivity index (χ1v) is 9.08. The third-order valence-corrected chi connectivity index (χ3v) is 5.00. The summed E-state index contributed by atoms with van der Waals surface area (Å²) in [6.07, 6.45) is 4.14. The van der Waals surface area contributed by atoms with Crippen molar-refractivity contribution >= 4 is 5.69 Å². The van der Waals surface area contributed by atoms with Crippen LogP contribution in [0.1, 0.15) is 24.0 Å². The molecule has 0 atom stereocenters. The lowest BCUT2D eigenvalue weighted by Crippen LogP contribution is -2.19. The van der Waals surface area contributed by atoms with Crippen molar-refractivity contribution in [2.24, 2.45) is 0 Å². The van der Waals surface area contributed by atoms with Crippen LogP contribution in [0, 0.1) is 18.3 Å². The highest BCUT2D eigenvalue weighted by molar-refractivity contribution is 5.84. The van der Waals surface area contributed by atoms with E-state index in [4.69, 9.17) is 0 Å². The van der Waals surface area contributed by atoms with Crippen LogP contribution < -0.4 is 4.90 Å². The maximum Gasteiger partial charge on any atom is 0.102 e. The molecule has 1 saturated heterocycles. The molecule has 0 unspecified atom stereocenters. The van der Waals surface area contributed by atoms with Gasteiger partial charge in [0.2, 0.25) is 0 Å². The fourth-order valence-electron chi connectivity index (χ4n) is 3.59. The molecule has 3 aromatic rings. The van der Waals surface area contributed by atoms with E-state index in [1.54, 1.807) is 6.20 Å². The van der Waals surface area contributed by atoms with Crippen molar-refractivity contribution in [1.82, 2.24) is 4.98 Å². The fourth-order valence-corrected chi connectivity index (χ4v) is 3.59. The van der Waals surface area contributed by atoms with Crippen molar-refractivity contribution < 1.29 is 0 Å². The lowest BCUT2D eigenvalue weighted by Gasteiger charge is -2.22. The van der Waals surface area contributed by atoms with Gasteiger partial charge in [-0.05, 0) is 55.2 Å². The number of nitriles is 1. The maximum absolute atomic E-state index is 9.91. The Bertz CT molecular complexity index is 947. The number of aryl methyl sites for hydroxylation is 1. The van der Waals surface area contributed by atoms with Gasteiger partial charge >= 0.3 is 0 Å². The summed E-state index contributed by atoms with van der Waals surface area (Å²) in [5.74, 6) is 0. The van der Waals surface area contributed by atoms with E-state index in [1.807, 2.05) is 18.2 Å². The standard InChI is InChI=1S/C23H21N3/c1-17-7-9-18(10-8-17)19-14-20(22-6-2-3-11-25-22)21(16-24)23(15-19)26-12-4-5-13-26/h2-3,6-11,14-15H,4-5,12-13H2,1H3. The molecule has 2 aromatic carbocycles. The van der Waals surface area contributed by atoms with Crippen LogP contribution in [0.3, 0.4) is 0 Å². The molecule has 0 saturated carbocycles. The van der Waals surface area contributed by atoms with E-state index >= 15 is 0 Å². The topological polar surface area (TPSA) is 39.9 Å². The summed E-state index contributed by atoms with van der Waals surface area (Å²) in [6.45, 7) is 4.11. The Morgan fingerprint density at radius 3 is 2.38 bits per heavy atom. The number of anilines is 1. The van der Waals surface area contributed by atoms with Crippen molar-refractivity contribution in [1.29, 1.82) is 5.26 Å². The van der Waals surface area contributed by atoms with Gasteiger partial charge < -0.3 is 4.90 Å². The zero-order chi connectivity index (χ0) is 17.9. The Kier molecular flexibility index (Phi) is 4.41. The van der Waals surface area contributed by atoms with Gasteiger partial charge in [-0.15, -0.1) is 0 Å². The minimum atomic E-state index is 0.724. The SMILES string of the molecule is Cc1ccc(-c2cc(-c3ccccn3)c(C#N)c(N3CCCC3)c2)cc1. The molecule has 1 aliphatic rings. The molecule has 4 rings (SSSR count). The minimum Gasteiger partial charge on any atom is -0.370 e. The molecule has 0 N–H and O–H groups in total. The predicted molar refractivity (Wildman–Crippen MR) is 106 cm³/mol. The zero-order valence-corrected chi connectivity index (χ0v) is 14.9. The Labute approximate surface area is 154 Å². The van der Waals surface area contributed by atoms with Gasteiger partial charge in [0.1, 0.15) is 6.07 Å². The van der Waals surface area contributed by atoms with Gasteiger partial charge in [0.15, 0.2) is 0 Å². The van der Waals surface area contributed by atoms with Crippen molar-refractivity contribution in [3.63, 3.8) is 0 Å². The Balaban J connectivity index is 1.94. The van der Waals surface area contributed by atoms with Crippen LogP contribution in [0.4, 0.5) is 5.69 Å². The van der Waals surface area contributed by atoms with Crippen molar-refractivity contribution in [2.75, 3.05) is 18.0 Å². The molecule has 2 heterocycles. The normalized spacial score (nSPS) is 13.6. The summed E-state index contributed by atoms with van der Waals surface area (Å²) >= 11 is 0. The van der Waals surface area contributed by atoms with E-state index in [1.165, 1.54) is 18.4 Å². The van der Waals surface area contributed by atoms with Crippen molar-refractivity contribution in [3.05, 3.63) is 71.9 Å². The van der Waals surface area contributed by atoms with Crippen LogP contribution in [-0.2, 0) is 0 Å². The van der Waals surface area contributed by atoms with Crippen molar-refractivity contribution in [3.8, 4) is 28.5 Å².